The molecule has 0 amide bonds. The molecule has 1 unspecified atom stereocenters. The van der Waals surface area contributed by atoms with Gasteiger partial charge < -0.3 is 14.2 Å². The molecular formula is C29H30ClNO6. The van der Waals surface area contributed by atoms with Crippen LogP contribution in [0.3, 0.4) is 0 Å². The lowest BCUT2D eigenvalue weighted by molar-refractivity contribution is -0.153. The maximum atomic E-state index is 14.3. The van der Waals surface area contributed by atoms with Crippen molar-refractivity contribution >= 4 is 35.0 Å². The molecule has 1 aliphatic carbocycles. The van der Waals surface area contributed by atoms with Crippen LogP contribution in [0.25, 0.3) is 0 Å². The van der Waals surface area contributed by atoms with Crippen molar-refractivity contribution in [1.82, 2.24) is 0 Å². The van der Waals surface area contributed by atoms with Gasteiger partial charge in [-0.2, -0.15) is 0 Å². The molecule has 2 aliphatic rings. The second kappa shape index (κ2) is 11.3. The summed E-state index contributed by atoms with van der Waals surface area (Å²) < 4.78 is 16.3. The van der Waals surface area contributed by atoms with E-state index in [2.05, 4.69) is 0 Å². The van der Waals surface area contributed by atoms with E-state index in [1.54, 1.807) is 58.2 Å². The molecule has 1 saturated carbocycles. The zero-order chi connectivity index (χ0) is 26.7. The average Bonchev–Trinajstić information content (AvgIpc) is 2.88. The van der Waals surface area contributed by atoms with Crippen LogP contribution in [0.5, 0.6) is 5.75 Å². The van der Waals surface area contributed by atoms with Crippen molar-refractivity contribution in [2.24, 2.45) is 16.8 Å². The topological polar surface area (TPSA) is 91.3 Å². The number of Topliss-reactive ketones (excluding diaryl/α,β-unsaturated/α-hetero) is 1. The fraction of sp³-hybridized carbons (Fsp3) is 0.379. The quantitative estimate of drug-likeness (QED) is 0.362. The maximum absolute atomic E-state index is 14.3. The SMILES string of the molecule is CCOC(=O)C1=C(C)N=C2C[C@@H](c3ccccc3OC)[C@@H](C(=O)OCC)C(=O)C2[C@@H]1c1ccccc1Cl. The summed E-state index contributed by atoms with van der Waals surface area (Å²) in [5.41, 5.74) is 2.67. The lowest BCUT2D eigenvalue weighted by Gasteiger charge is -2.41. The zero-order valence-electron chi connectivity index (χ0n) is 21.3. The first-order chi connectivity index (χ1) is 17.8. The summed E-state index contributed by atoms with van der Waals surface area (Å²) in [5.74, 6) is -4.21. The minimum absolute atomic E-state index is 0.133. The Kier molecular flexibility index (Phi) is 8.13. The van der Waals surface area contributed by atoms with E-state index in [4.69, 9.17) is 30.8 Å². The van der Waals surface area contributed by atoms with Crippen LogP contribution in [-0.4, -0.2) is 43.8 Å². The van der Waals surface area contributed by atoms with E-state index in [1.165, 1.54) is 0 Å². The monoisotopic (exact) mass is 523 g/mol. The van der Waals surface area contributed by atoms with E-state index >= 15 is 0 Å². The third-order valence-electron chi connectivity index (χ3n) is 6.96. The van der Waals surface area contributed by atoms with E-state index in [1.807, 2.05) is 18.2 Å². The summed E-state index contributed by atoms with van der Waals surface area (Å²) >= 11 is 6.61. The Labute approximate surface area is 221 Å². The van der Waals surface area contributed by atoms with Crippen molar-refractivity contribution in [2.45, 2.75) is 39.0 Å². The smallest absolute Gasteiger partial charge is 0.336 e. The zero-order valence-corrected chi connectivity index (χ0v) is 22.1. The molecule has 0 spiro atoms. The van der Waals surface area contributed by atoms with Crippen molar-refractivity contribution in [3.05, 3.63) is 76.0 Å². The van der Waals surface area contributed by atoms with Gasteiger partial charge in [0.25, 0.3) is 0 Å². The van der Waals surface area contributed by atoms with E-state index in [0.717, 1.165) is 5.56 Å². The third kappa shape index (κ3) is 4.92. The second-order valence-electron chi connectivity index (χ2n) is 8.98. The Morgan fingerprint density at radius 3 is 2.27 bits per heavy atom. The number of para-hydroxylation sites is 1. The number of aliphatic imine (C=N–C) groups is 1. The van der Waals surface area contributed by atoms with Gasteiger partial charge >= 0.3 is 11.9 Å². The largest absolute Gasteiger partial charge is 0.496 e. The number of ether oxygens (including phenoxy) is 3. The highest BCUT2D eigenvalue weighted by molar-refractivity contribution is 6.31. The molecule has 0 aromatic heterocycles. The Morgan fingerprint density at radius 2 is 1.62 bits per heavy atom. The highest BCUT2D eigenvalue weighted by Crippen LogP contribution is 2.50. The van der Waals surface area contributed by atoms with Gasteiger partial charge in [-0.1, -0.05) is 48.0 Å². The number of carbonyl (C=O) groups is 3. The van der Waals surface area contributed by atoms with Crippen LogP contribution in [0.15, 0.2) is 64.8 Å². The van der Waals surface area contributed by atoms with E-state index in [-0.39, 0.29) is 24.6 Å². The predicted octanol–water partition coefficient (Wildman–Crippen LogP) is 5.28. The molecule has 8 heteroatoms. The number of rotatable bonds is 7. The molecule has 1 aliphatic heterocycles. The fourth-order valence-electron chi connectivity index (χ4n) is 5.49. The van der Waals surface area contributed by atoms with Gasteiger partial charge in [0.1, 0.15) is 11.7 Å². The molecule has 1 heterocycles. The molecule has 0 radical (unpaired) electrons. The van der Waals surface area contributed by atoms with Gasteiger partial charge in [-0.05, 0) is 50.5 Å². The van der Waals surface area contributed by atoms with E-state index in [0.29, 0.717) is 34.2 Å². The molecule has 1 fully saturated rings. The van der Waals surface area contributed by atoms with Crippen LogP contribution in [0.4, 0.5) is 0 Å². The predicted molar refractivity (Wildman–Crippen MR) is 140 cm³/mol. The first-order valence-electron chi connectivity index (χ1n) is 12.4. The summed E-state index contributed by atoms with van der Waals surface area (Å²) in [6, 6.07) is 14.4. The van der Waals surface area contributed by atoms with Crippen molar-refractivity contribution < 1.29 is 28.6 Å². The Bertz CT molecular complexity index is 1280. The highest BCUT2D eigenvalue weighted by atomic mass is 35.5. The number of carbonyl (C=O) groups excluding carboxylic acids is 3. The lowest BCUT2D eigenvalue weighted by atomic mass is 9.62. The van der Waals surface area contributed by atoms with Gasteiger partial charge in [0.05, 0.1) is 31.8 Å². The van der Waals surface area contributed by atoms with Gasteiger partial charge in [-0.25, -0.2) is 4.79 Å². The number of nitrogens with zero attached hydrogens (tertiary/aromatic N) is 1. The van der Waals surface area contributed by atoms with E-state index < -0.39 is 35.6 Å². The van der Waals surface area contributed by atoms with Crippen LogP contribution in [0.1, 0.15) is 50.2 Å². The summed E-state index contributed by atoms with van der Waals surface area (Å²) in [6.45, 7) is 5.46. The summed E-state index contributed by atoms with van der Waals surface area (Å²) in [4.78, 5) is 45.6. The third-order valence-corrected chi connectivity index (χ3v) is 7.31. The minimum Gasteiger partial charge on any atom is -0.496 e. The van der Waals surface area contributed by atoms with Gasteiger partial charge in [-0.3, -0.25) is 14.6 Å². The molecule has 0 saturated heterocycles. The van der Waals surface area contributed by atoms with Gasteiger partial charge in [-0.15, -0.1) is 0 Å². The van der Waals surface area contributed by atoms with E-state index in [9.17, 15) is 14.4 Å². The number of benzene rings is 2. The molecule has 4 atom stereocenters. The Morgan fingerprint density at radius 1 is 0.973 bits per heavy atom. The van der Waals surface area contributed by atoms with Crippen molar-refractivity contribution in [3.8, 4) is 5.75 Å². The standard InChI is InChI=1S/C29H30ClNO6/c1-5-36-28(33)23-16(3)31-21-15-19(17-11-8-10-14-22(17)35-4)25(29(34)37-6-2)27(32)26(21)24(23)18-12-7-9-13-20(18)30/h7-14,19,24-26H,5-6,15H2,1-4H3/t19-,24+,25+,26?/m0/s1. The molecule has 0 bridgehead atoms. The molecule has 7 nitrogen and oxygen atoms in total. The molecular weight excluding hydrogens is 494 g/mol. The average molecular weight is 524 g/mol. The summed E-state index contributed by atoms with van der Waals surface area (Å²) in [7, 11) is 1.55. The normalized spacial score (nSPS) is 23.2. The maximum Gasteiger partial charge on any atom is 0.336 e. The number of methoxy groups -OCH3 is 1. The number of hydrogen-bond acceptors (Lipinski definition) is 7. The Balaban J connectivity index is 1.93. The number of halogens is 1. The Hall–Kier alpha value is -3.45. The number of fused-ring (bicyclic) bond motifs is 1. The van der Waals surface area contributed by atoms with Gasteiger partial charge in [0.2, 0.25) is 0 Å². The number of ketones is 1. The van der Waals surface area contributed by atoms with Crippen LogP contribution >= 0.6 is 11.6 Å². The van der Waals surface area contributed by atoms with Gasteiger partial charge in [0.15, 0.2) is 5.78 Å². The van der Waals surface area contributed by atoms with Crippen LogP contribution in [0, 0.1) is 11.8 Å². The molecule has 37 heavy (non-hydrogen) atoms. The lowest BCUT2D eigenvalue weighted by Crippen LogP contribution is -2.48. The number of hydrogen-bond donors (Lipinski definition) is 0. The van der Waals surface area contributed by atoms with Crippen molar-refractivity contribution in [1.29, 1.82) is 0 Å². The number of esters is 2. The first kappa shape index (κ1) is 26.6. The van der Waals surface area contributed by atoms with Crippen LogP contribution < -0.4 is 4.74 Å². The minimum atomic E-state index is -1.10. The summed E-state index contributed by atoms with van der Waals surface area (Å²) in [5, 5.41) is 0.413. The van der Waals surface area contributed by atoms with Crippen molar-refractivity contribution in [3.63, 3.8) is 0 Å². The van der Waals surface area contributed by atoms with Crippen LogP contribution in [0.2, 0.25) is 5.02 Å². The van der Waals surface area contributed by atoms with Gasteiger partial charge in [0, 0.05) is 28.3 Å². The molecule has 4 rings (SSSR count). The summed E-state index contributed by atoms with van der Waals surface area (Å²) in [6.07, 6.45) is 0.314. The van der Waals surface area contributed by atoms with Crippen LogP contribution in [-0.2, 0) is 23.9 Å². The fourth-order valence-corrected chi connectivity index (χ4v) is 5.74. The second-order valence-corrected chi connectivity index (χ2v) is 9.39. The molecule has 194 valence electrons. The molecule has 2 aromatic carbocycles. The molecule has 0 N–H and O–H groups in total. The van der Waals surface area contributed by atoms with Crippen molar-refractivity contribution in [2.75, 3.05) is 20.3 Å². The number of allylic oxidation sites excluding steroid dienone is 1. The first-order valence-corrected chi connectivity index (χ1v) is 12.7. The highest BCUT2D eigenvalue weighted by Gasteiger charge is 2.53. The molecule has 2 aromatic rings.